The van der Waals surface area contributed by atoms with Crippen LogP contribution in [0.15, 0.2) is 10.9 Å². The standard InChI is InChI=1S/C16H24N4O/c1-9-6-11(3)17-15-14(9)16(21)18-20(15)13-7-12(4)19(5)8-10(13)2/h6,10,12-13H,7-8H2,1-5H3,(H,18,21)/t10-,12-,13+/m0/s1. The van der Waals surface area contributed by atoms with Crippen LogP contribution in [0.5, 0.6) is 0 Å². The molecule has 0 aromatic carbocycles. The van der Waals surface area contributed by atoms with E-state index in [1.54, 1.807) is 0 Å². The SMILES string of the molecule is Cc1cc(C)c2c(=O)[nH]n([C@@H]3C[C@H](C)N(C)C[C@@H]3C)c2n1. The number of aryl methyl sites for hydroxylation is 2. The van der Waals surface area contributed by atoms with Gasteiger partial charge in [-0.25, -0.2) is 4.98 Å². The molecule has 3 rings (SSSR count). The molecule has 21 heavy (non-hydrogen) atoms. The van der Waals surface area contributed by atoms with Crippen LogP contribution in [0.4, 0.5) is 0 Å². The minimum absolute atomic E-state index is 0.0196. The van der Waals surface area contributed by atoms with Crippen LogP contribution in [0.1, 0.15) is 37.6 Å². The molecule has 0 spiro atoms. The number of likely N-dealkylation sites (tertiary alicyclic amines) is 1. The highest BCUT2D eigenvalue weighted by Crippen LogP contribution is 2.32. The Hall–Kier alpha value is -1.62. The topological polar surface area (TPSA) is 53.9 Å². The molecule has 0 aliphatic carbocycles. The number of aromatic amines is 1. The number of nitrogens with zero attached hydrogens (tertiary/aromatic N) is 3. The Bertz CT molecular complexity index is 730. The Morgan fingerprint density at radius 3 is 2.76 bits per heavy atom. The van der Waals surface area contributed by atoms with Crippen LogP contribution in [0.2, 0.25) is 0 Å². The predicted molar refractivity (Wildman–Crippen MR) is 84.7 cm³/mol. The molecule has 114 valence electrons. The van der Waals surface area contributed by atoms with Crippen molar-refractivity contribution in [1.29, 1.82) is 0 Å². The highest BCUT2D eigenvalue weighted by molar-refractivity contribution is 5.78. The van der Waals surface area contributed by atoms with Gasteiger partial charge in [0.25, 0.3) is 5.56 Å². The van der Waals surface area contributed by atoms with Crippen LogP contribution in [0.3, 0.4) is 0 Å². The lowest BCUT2D eigenvalue weighted by atomic mass is 9.90. The molecule has 0 bridgehead atoms. The zero-order valence-corrected chi connectivity index (χ0v) is 13.5. The van der Waals surface area contributed by atoms with E-state index in [1.165, 1.54) is 0 Å². The molecule has 2 aromatic rings. The molecule has 2 aromatic heterocycles. The molecule has 1 aliphatic heterocycles. The second kappa shape index (κ2) is 4.98. The number of aromatic nitrogens is 3. The predicted octanol–water partition coefficient (Wildman–Crippen LogP) is 2.24. The van der Waals surface area contributed by atoms with Crippen molar-refractivity contribution in [3.8, 4) is 0 Å². The van der Waals surface area contributed by atoms with Crippen molar-refractivity contribution in [2.24, 2.45) is 5.92 Å². The van der Waals surface area contributed by atoms with Crippen LogP contribution in [-0.4, -0.2) is 39.3 Å². The Morgan fingerprint density at radius 2 is 2.05 bits per heavy atom. The summed E-state index contributed by atoms with van der Waals surface area (Å²) < 4.78 is 2.02. The van der Waals surface area contributed by atoms with Gasteiger partial charge in [-0.1, -0.05) is 6.92 Å². The molecule has 0 radical (unpaired) electrons. The summed E-state index contributed by atoms with van der Waals surface area (Å²) in [6, 6.07) is 2.79. The van der Waals surface area contributed by atoms with E-state index >= 15 is 0 Å². The maximum Gasteiger partial charge on any atom is 0.273 e. The molecule has 0 amide bonds. The maximum atomic E-state index is 12.3. The maximum absolute atomic E-state index is 12.3. The fourth-order valence-electron chi connectivity index (χ4n) is 3.61. The van der Waals surface area contributed by atoms with Crippen LogP contribution in [0.25, 0.3) is 11.0 Å². The number of hydrogen-bond acceptors (Lipinski definition) is 3. The summed E-state index contributed by atoms with van der Waals surface area (Å²) in [4.78, 5) is 19.3. The second-order valence-electron chi connectivity index (χ2n) is 6.66. The number of rotatable bonds is 1. The molecule has 1 fully saturated rings. The van der Waals surface area contributed by atoms with E-state index in [1.807, 2.05) is 24.6 Å². The van der Waals surface area contributed by atoms with E-state index in [-0.39, 0.29) is 5.56 Å². The van der Waals surface area contributed by atoms with Gasteiger partial charge in [0.05, 0.1) is 11.4 Å². The molecule has 1 aliphatic rings. The van der Waals surface area contributed by atoms with Crippen molar-refractivity contribution in [1.82, 2.24) is 19.7 Å². The summed E-state index contributed by atoms with van der Waals surface area (Å²) in [5.41, 5.74) is 2.76. The van der Waals surface area contributed by atoms with Crippen molar-refractivity contribution < 1.29 is 0 Å². The van der Waals surface area contributed by atoms with Gasteiger partial charge in [-0.3, -0.25) is 14.6 Å². The van der Waals surface area contributed by atoms with Gasteiger partial charge in [0.1, 0.15) is 0 Å². The average Bonchev–Trinajstić information content (AvgIpc) is 2.71. The number of fused-ring (bicyclic) bond motifs is 1. The van der Waals surface area contributed by atoms with E-state index in [9.17, 15) is 4.79 Å². The van der Waals surface area contributed by atoms with Crippen LogP contribution in [0, 0.1) is 19.8 Å². The Balaban J connectivity index is 2.15. The van der Waals surface area contributed by atoms with Crippen molar-refractivity contribution in [3.05, 3.63) is 27.7 Å². The van der Waals surface area contributed by atoms with Crippen LogP contribution < -0.4 is 5.56 Å². The largest absolute Gasteiger partial charge is 0.303 e. The minimum Gasteiger partial charge on any atom is -0.303 e. The Labute approximate surface area is 125 Å². The minimum atomic E-state index is -0.0196. The molecule has 1 saturated heterocycles. The van der Waals surface area contributed by atoms with E-state index in [0.29, 0.717) is 18.0 Å². The summed E-state index contributed by atoms with van der Waals surface area (Å²) in [7, 11) is 2.17. The van der Waals surface area contributed by atoms with Gasteiger partial charge >= 0.3 is 0 Å². The van der Waals surface area contributed by atoms with Gasteiger partial charge in [0.2, 0.25) is 0 Å². The van der Waals surface area contributed by atoms with Crippen LogP contribution >= 0.6 is 0 Å². The molecule has 5 heteroatoms. The number of hydrogen-bond donors (Lipinski definition) is 1. The van der Waals surface area contributed by atoms with Gasteiger partial charge in [-0.2, -0.15) is 0 Å². The first-order valence-corrected chi connectivity index (χ1v) is 7.67. The number of nitrogens with one attached hydrogen (secondary N) is 1. The highest BCUT2D eigenvalue weighted by Gasteiger charge is 2.32. The summed E-state index contributed by atoms with van der Waals surface area (Å²) in [5.74, 6) is 0.486. The Kier molecular flexibility index (Phi) is 3.40. The molecule has 0 saturated carbocycles. The summed E-state index contributed by atoms with van der Waals surface area (Å²) in [5, 5.41) is 3.77. The van der Waals surface area contributed by atoms with Gasteiger partial charge in [-0.15, -0.1) is 0 Å². The lowest BCUT2D eigenvalue weighted by Gasteiger charge is -2.40. The Morgan fingerprint density at radius 1 is 1.33 bits per heavy atom. The van der Waals surface area contributed by atoms with Gasteiger partial charge in [0.15, 0.2) is 5.65 Å². The van der Waals surface area contributed by atoms with Crippen molar-refractivity contribution >= 4 is 11.0 Å². The van der Waals surface area contributed by atoms with E-state index in [2.05, 4.69) is 35.9 Å². The first-order chi connectivity index (χ1) is 9.88. The smallest absolute Gasteiger partial charge is 0.273 e. The van der Waals surface area contributed by atoms with Crippen molar-refractivity contribution in [3.63, 3.8) is 0 Å². The fraction of sp³-hybridized carbons (Fsp3) is 0.625. The summed E-state index contributed by atoms with van der Waals surface area (Å²) >= 11 is 0. The summed E-state index contributed by atoms with van der Waals surface area (Å²) in [6.07, 6.45) is 1.03. The summed E-state index contributed by atoms with van der Waals surface area (Å²) in [6.45, 7) is 9.50. The van der Waals surface area contributed by atoms with Crippen molar-refractivity contribution in [2.45, 2.75) is 46.2 Å². The molecule has 1 N–H and O–H groups in total. The zero-order valence-electron chi connectivity index (χ0n) is 13.5. The van der Waals surface area contributed by atoms with E-state index < -0.39 is 0 Å². The molecular weight excluding hydrogens is 264 g/mol. The number of pyridine rings is 1. The fourth-order valence-corrected chi connectivity index (χ4v) is 3.61. The van der Waals surface area contributed by atoms with Gasteiger partial charge in [-0.05, 0) is 51.8 Å². The molecular formula is C16H24N4O. The zero-order chi connectivity index (χ0) is 15.3. The van der Waals surface area contributed by atoms with Gasteiger partial charge < -0.3 is 4.90 Å². The molecule has 3 atom stereocenters. The third kappa shape index (κ3) is 2.29. The van der Waals surface area contributed by atoms with E-state index in [0.717, 1.165) is 35.3 Å². The monoisotopic (exact) mass is 288 g/mol. The normalized spacial score (nSPS) is 27.4. The van der Waals surface area contributed by atoms with E-state index in [4.69, 9.17) is 0 Å². The second-order valence-corrected chi connectivity index (χ2v) is 6.66. The lowest BCUT2D eigenvalue weighted by molar-refractivity contribution is 0.103. The van der Waals surface area contributed by atoms with Crippen molar-refractivity contribution in [2.75, 3.05) is 13.6 Å². The number of piperidine rings is 1. The number of H-pyrrole nitrogens is 1. The average molecular weight is 288 g/mol. The third-order valence-corrected chi connectivity index (χ3v) is 4.90. The first-order valence-electron chi connectivity index (χ1n) is 7.67. The molecule has 0 unspecified atom stereocenters. The molecule has 3 heterocycles. The lowest BCUT2D eigenvalue weighted by Crippen LogP contribution is -2.43. The quantitative estimate of drug-likeness (QED) is 0.875. The highest BCUT2D eigenvalue weighted by atomic mass is 16.1. The molecule has 5 nitrogen and oxygen atoms in total. The third-order valence-electron chi connectivity index (χ3n) is 4.90. The van der Waals surface area contributed by atoms with Gasteiger partial charge in [0, 0.05) is 18.3 Å². The van der Waals surface area contributed by atoms with Crippen LogP contribution in [-0.2, 0) is 0 Å². The first kappa shape index (κ1) is 14.3.